The molecule has 0 heterocycles. The number of hydrogen-bond acceptors (Lipinski definition) is 5. The molecule has 0 bridgehead atoms. The third-order valence-electron chi connectivity index (χ3n) is 2.50. The van der Waals surface area contributed by atoms with Gasteiger partial charge in [-0.3, -0.25) is 9.52 Å². The Balaban J connectivity index is 2.53. The second-order valence-electron chi connectivity index (χ2n) is 5.49. The Morgan fingerprint density at radius 1 is 1.18 bits per heavy atom. The molecule has 0 radical (unpaired) electrons. The van der Waals surface area contributed by atoms with E-state index < -0.39 is 33.3 Å². The van der Waals surface area contributed by atoms with Gasteiger partial charge in [-0.25, -0.2) is 13.2 Å². The number of sulfonamides is 1. The fourth-order valence-corrected chi connectivity index (χ4v) is 3.33. The van der Waals surface area contributed by atoms with Crippen LogP contribution >= 0.6 is 0 Å². The zero-order valence-electron chi connectivity index (χ0n) is 12.8. The Kier molecular flexibility index (Phi) is 5.92. The molecule has 8 heteroatoms. The highest BCUT2D eigenvalue weighted by molar-refractivity contribution is 7.90. The third-order valence-corrected chi connectivity index (χ3v) is 4.20. The molecule has 1 aromatic rings. The van der Waals surface area contributed by atoms with Crippen molar-refractivity contribution in [1.29, 1.82) is 0 Å². The number of benzene rings is 1. The van der Waals surface area contributed by atoms with Crippen LogP contribution < -0.4 is 10.0 Å². The van der Waals surface area contributed by atoms with Crippen LogP contribution in [0, 0.1) is 0 Å². The van der Waals surface area contributed by atoms with E-state index in [2.05, 4.69) is 5.32 Å². The molecule has 0 spiro atoms. The molecule has 0 unspecified atom stereocenters. The zero-order valence-corrected chi connectivity index (χ0v) is 13.6. The van der Waals surface area contributed by atoms with Crippen molar-refractivity contribution in [2.45, 2.75) is 32.9 Å². The number of hydrogen-bond donors (Lipinski definition) is 2. The smallest absolute Gasteiger partial charge is 0.407 e. The van der Waals surface area contributed by atoms with E-state index in [1.54, 1.807) is 12.1 Å². The van der Waals surface area contributed by atoms with E-state index in [-0.39, 0.29) is 6.61 Å². The van der Waals surface area contributed by atoms with E-state index in [0.717, 1.165) is 12.5 Å². The minimum Gasteiger partial charge on any atom is -0.445 e. The van der Waals surface area contributed by atoms with Gasteiger partial charge in [-0.15, -0.1) is 0 Å². The normalized spacial score (nSPS) is 11.6. The molecule has 0 aliphatic rings. The summed E-state index contributed by atoms with van der Waals surface area (Å²) < 4.78 is 30.3. The summed E-state index contributed by atoms with van der Waals surface area (Å²) in [6.45, 7) is 4.24. The van der Waals surface area contributed by atoms with Gasteiger partial charge >= 0.3 is 6.09 Å². The van der Waals surface area contributed by atoms with Crippen molar-refractivity contribution < 1.29 is 22.7 Å². The lowest BCUT2D eigenvalue weighted by atomic mass is 10.1. The van der Waals surface area contributed by atoms with Crippen LogP contribution in [0.15, 0.2) is 30.3 Å². The molecular formula is C14H20N2O5S. The molecule has 0 aromatic heterocycles. The number of nitrogens with one attached hydrogen (secondary N) is 2. The van der Waals surface area contributed by atoms with Gasteiger partial charge in [0.05, 0.1) is 11.3 Å². The van der Waals surface area contributed by atoms with Crippen molar-refractivity contribution in [3.63, 3.8) is 0 Å². The van der Waals surface area contributed by atoms with Crippen molar-refractivity contribution in [1.82, 2.24) is 10.0 Å². The minimum absolute atomic E-state index is 0.0845. The quantitative estimate of drug-likeness (QED) is 0.816. The van der Waals surface area contributed by atoms with Gasteiger partial charge in [0.25, 0.3) is 0 Å². The summed E-state index contributed by atoms with van der Waals surface area (Å²) in [5, 5.41) is 2.46. The van der Waals surface area contributed by atoms with E-state index in [9.17, 15) is 18.0 Å². The van der Waals surface area contributed by atoms with Gasteiger partial charge in [0.15, 0.2) is 0 Å². The van der Waals surface area contributed by atoms with Gasteiger partial charge in [0, 0.05) is 6.92 Å². The van der Waals surface area contributed by atoms with Crippen LogP contribution in [0.4, 0.5) is 4.79 Å². The lowest BCUT2D eigenvalue weighted by Crippen LogP contribution is -2.51. The molecule has 122 valence electrons. The summed E-state index contributed by atoms with van der Waals surface area (Å²) in [5.41, 5.74) is -0.268. The monoisotopic (exact) mass is 328 g/mol. The predicted octanol–water partition coefficient (Wildman–Crippen LogP) is 1.16. The standard InChI is InChI=1S/C14H20N2O5S/c1-11(17)16-22(19,20)10-14(2,3)15-13(18)21-9-12-7-5-4-6-8-12/h4-8H,9-10H2,1-3H3,(H,15,18)(H,16,17). The second kappa shape index (κ2) is 7.26. The van der Waals surface area contributed by atoms with Gasteiger partial charge in [-0.2, -0.15) is 0 Å². The first-order chi connectivity index (χ1) is 10.1. The Bertz CT molecular complexity index is 626. The van der Waals surface area contributed by atoms with E-state index in [0.29, 0.717) is 0 Å². The Labute approximate surface area is 130 Å². The van der Waals surface area contributed by atoms with Crippen LogP contribution in [0.1, 0.15) is 26.3 Å². The first kappa shape index (κ1) is 18.0. The molecule has 2 amide bonds. The van der Waals surface area contributed by atoms with Gasteiger partial charge in [0.1, 0.15) is 6.61 Å². The molecule has 1 rings (SSSR count). The van der Waals surface area contributed by atoms with Crippen molar-refractivity contribution in [3.05, 3.63) is 35.9 Å². The summed E-state index contributed by atoms with van der Waals surface area (Å²) in [6.07, 6.45) is -0.730. The van der Waals surface area contributed by atoms with Crippen LogP contribution in [-0.4, -0.2) is 31.7 Å². The Hall–Kier alpha value is -2.09. The maximum Gasteiger partial charge on any atom is 0.407 e. The lowest BCUT2D eigenvalue weighted by molar-refractivity contribution is -0.117. The minimum atomic E-state index is -3.82. The highest BCUT2D eigenvalue weighted by atomic mass is 32.2. The molecule has 1 aromatic carbocycles. The topological polar surface area (TPSA) is 102 Å². The molecule has 0 aliphatic heterocycles. The number of alkyl carbamates (subject to hydrolysis) is 1. The van der Waals surface area contributed by atoms with E-state index in [4.69, 9.17) is 4.74 Å². The van der Waals surface area contributed by atoms with E-state index in [1.165, 1.54) is 13.8 Å². The van der Waals surface area contributed by atoms with Crippen LogP contribution in [0.25, 0.3) is 0 Å². The van der Waals surface area contributed by atoms with E-state index >= 15 is 0 Å². The second-order valence-corrected chi connectivity index (χ2v) is 7.21. The summed E-state index contributed by atoms with van der Waals surface area (Å²) >= 11 is 0. The van der Waals surface area contributed by atoms with Crippen LogP contribution in [0.5, 0.6) is 0 Å². The van der Waals surface area contributed by atoms with Crippen LogP contribution in [-0.2, 0) is 26.2 Å². The number of carbonyl (C=O) groups excluding carboxylic acids is 2. The highest BCUT2D eigenvalue weighted by Crippen LogP contribution is 2.07. The number of ether oxygens (including phenoxy) is 1. The van der Waals surface area contributed by atoms with E-state index in [1.807, 2.05) is 22.9 Å². The third kappa shape index (κ3) is 7.07. The Morgan fingerprint density at radius 2 is 1.77 bits per heavy atom. The average Bonchev–Trinajstić information content (AvgIpc) is 2.33. The first-order valence-corrected chi connectivity index (χ1v) is 8.25. The molecule has 2 N–H and O–H groups in total. The summed E-state index contributed by atoms with van der Waals surface area (Å²) in [7, 11) is -3.82. The van der Waals surface area contributed by atoms with Crippen LogP contribution in [0.3, 0.4) is 0 Å². The Morgan fingerprint density at radius 3 is 2.32 bits per heavy atom. The largest absolute Gasteiger partial charge is 0.445 e. The molecule has 7 nitrogen and oxygen atoms in total. The summed E-state index contributed by atoms with van der Waals surface area (Å²) in [4.78, 5) is 22.5. The van der Waals surface area contributed by atoms with Crippen molar-refractivity contribution in [3.8, 4) is 0 Å². The predicted molar refractivity (Wildman–Crippen MR) is 81.4 cm³/mol. The molecule has 0 fully saturated rings. The lowest BCUT2D eigenvalue weighted by Gasteiger charge is -2.25. The highest BCUT2D eigenvalue weighted by Gasteiger charge is 2.29. The van der Waals surface area contributed by atoms with Gasteiger partial charge in [0.2, 0.25) is 15.9 Å². The maximum atomic E-state index is 11.7. The number of rotatable bonds is 6. The number of carbonyl (C=O) groups is 2. The maximum absolute atomic E-state index is 11.7. The average molecular weight is 328 g/mol. The van der Waals surface area contributed by atoms with Crippen LogP contribution in [0.2, 0.25) is 0 Å². The summed E-state index contributed by atoms with van der Waals surface area (Å²) in [6, 6.07) is 9.10. The molecule has 0 aliphatic carbocycles. The first-order valence-electron chi connectivity index (χ1n) is 6.59. The molecule has 0 saturated carbocycles. The fourth-order valence-electron chi connectivity index (χ4n) is 1.80. The van der Waals surface area contributed by atoms with Crippen molar-refractivity contribution in [2.75, 3.05) is 5.75 Å². The van der Waals surface area contributed by atoms with Gasteiger partial charge in [-0.05, 0) is 19.4 Å². The van der Waals surface area contributed by atoms with Crippen molar-refractivity contribution >= 4 is 22.0 Å². The van der Waals surface area contributed by atoms with Gasteiger partial charge in [-0.1, -0.05) is 30.3 Å². The molecule has 0 saturated heterocycles. The zero-order chi connectivity index (χ0) is 16.8. The summed E-state index contributed by atoms with van der Waals surface area (Å²) in [5.74, 6) is -1.12. The van der Waals surface area contributed by atoms with Crippen molar-refractivity contribution in [2.24, 2.45) is 0 Å². The number of amides is 2. The molecular weight excluding hydrogens is 308 g/mol. The van der Waals surface area contributed by atoms with Gasteiger partial charge < -0.3 is 10.1 Å². The fraction of sp³-hybridized carbons (Fsp3) is 0.429. The SMILES string of the molecule is CC(=O)NS(=O)(=O)CC(C)(C)NC(=O)OCc1ccccc1. The molecule has 0 atom stereocenters. The molecule has 22 heavy (non-hydrogen) atoms.